The molecule has 0 heterocycles. The number of ether oxygens (including phenoxy) is 1. The Morgan fingerprint density at radius 1 is 1.20 bits per heavy atom. The van der Waals surface area contributed by atoms with E-state index in [1.54, 1.807) is 0 Å². The Bertz CT molecular complexity index is 354. The third-order valence-corrected chi connectivity index (χ3v) is 2.95. The van der Waals surface area contributed by atoms with Crippen LogP contribution in [0.3, 0.4) is 0 Å². The van der Waals surface area contributed by atoms with E-state index in [2.05, 4.69) is 17.0 Å². The summed E-state index contributed by atoms with van der Waals surface area (Å²) < 4.78 is 40.4. The van der Waals surface area contributed by atoms with Crippen molar-refractivity contribution >= 4 is 0 Å². The molecule has 0 spiro atoms. The molecule has 0 aliphatic carbocycles. The Morgan fingerprint density at radius 2 is 1.90 bits per heavy atom. The van der Waals surface area contributed by atoms with E-state index >= 15 is 0 Å². The zero-order chi connectivity index (χ0) is 14.8. The third kappa shape index (κ3) is 7.50. The first-order valence-corrected chi connectivity index (χ1v) is 6.95. The van der Waals surface area contributed by atoms with E-state index < -0.39 is 12.8 Å². The standard InChI is InChI=1S/C15H22F3NO/c1-2-3-9-14(13-7-5-4-6-8-13)19-10-11-20-12-15(16,17)18/h4-8,14,19H,2-3,9-12H2,1H3. The number of alkyl halides is 3. The monoisotopic (exact) mass is 289 g/mol. The SMILES string of the molecule is CCCCC(NCCOCC(F)(F)F)c1ccccc1. The van der Waals surface area contributed by atoms with Crippen LogP contribution < -0.4 is 5.32 Å². The van der Waals surface area contributed by atoms with E-state index in [4.69, 9.17) is 0 Å². The van der Waals surface area contributed by atoms with Gasteiger partial charge in [0.05, 0.1) is 6.61 Å². The summed E-state index contributed by atoms with van der Waals surface area (Å²) in [4.78, 5) is 0. The van der Waals surface area contributed by atoms with Crippen LogP contribution in [0.25, 0.3) is 0 Å². The summed E-state index contributed by atoms with van der Waals surface area (Å²) in [7, 11) is 0. The molecule has 1 unspecified atom stereocenters. The Labute approximate surface area is 118 Å². The van der Waals surface area contributed by atoms with Crippen LogP contribution in [0.15, 0.2) is 30.3 Å². The Balaban J connectivity index is 2.34. The lowest BCUT2D eigenvalue weighted by Crippen LogP contribution is -2.27. The van der Waals surface area contributed by atoms with Crippen LogP contribution in [0.5, 0.6) is 0 Å². The molecule has 0 bridgehead atoms. The van der Waals surface area contributed by atoms with E-state index in [1.165, 1.54) is 0 Å². The number of halogens is 3. The lowest BCUT2D eigenvalue weighted by atomic mass is 10.0. The molecule has 0 saturated heterocycles. The largest absolute Gasteiger partial charge is 0.411 e. The highest BCUT2D eigenvalue weighted by molar-refractivity contribution is 5.18. The topological polar surface area (TPSA) is 21.3 Å². The molecule has 0 saturated carbocycles. The van der Waals surface area contributed by atoms with Crippen LogP contribution in [0.1, 0.15) is 37.8 Å². The van der Waals surface area contributed by atoms with Crippen LogP contribution in [0, 0.1) is 0 Å². The first-order chi connectivity index (χ1) is 9.53. The summed E-state index contributed by atoms with van der Waals surface area (Å²) in [6, 6.07) is 10.1. The lowest BCUT2D eigenvalue weighted by molar-refractivity contribution is -0.173. The number of rotatable bonds is 9. The van der Waals surface area contributed by atoms with Gasteiger partial charge >= 0.3 is 6.18 Å². The van der Waals surface area contributed by atoms with Crippen LogP contribution in [0.2, 0.25) is 0 Å². The van der Waals surface area contributed by atoms with Gasteiger partial charge in [0.2, 0.25) is 0 Å². The number of hydrogen-bond donors (Lipinski definition) is 1. The minimum atomic E-state index is -4.25. The van der Waals surface area contributed by atoms with Crippen molar-refractivity contribution in [1.82, 2.24) is 5.32 Å². The molecule has 0 aliphatic heterocycles. The summed E-state index contributed by atoms with van der Waals surface area (Å²) in [6.45, 7) is 1.42. The Kier molecular flexibility index (Phi) is 7.62. The Morgan fingerprint density at radius 3 is 2.50 bits per heavy atom. The minimum Gasteiger partial charge on any atom is -0.371 e. The first kappa shape index (κ1) is 17.0. The summed E-state index contributed by atoms with van der Waals surface area (Å²) in [5.41, 5.74) is 1.16. The van der Waals surface area contributed by atoms with Gasteiger partial charge < -0.3 is 10.1 Å². The summed E-state index contributed by atoms with van der Waals surface area (Å²) >= 11 is 0. The van der Waals surface area contributed by atoms with Crippen molar-refractivity contribution in [2.45, 2.75) is 38.4 Å². The maximum Gasteiger partial charge on any atom is 0.411 e. The quantitative estimate of drug-likeness (QED) is 0.691. The number of hydrogen-bond acceptors (Lipinski definition) is 2. The van der Waals surface area contributed by atoms with Crippen molar-refractivity contribution in [1.29, 1.82) is 0 Å². The zero-order valence-corrected chi connectivity index (χ0v) is 11.7. The average molecular weight is 289 g/mol. The van der Waals surface area contributed by atoms with Crippen LogP contribution in [-0.2, 0) is 4.74 Å². The molecule has 1 aromatic rings. The fraction of sp³-hybridized carbons (Fsp3) is 0.600. The predicted molar refractivity (Wildman–Crippen MR) is 73.6 cm³/mol. The fourth-order valence-electron chi connectivity index (χ4n) is 1.97. The molecule has 20 heavy (non-hydrogen) atoms. The van der Waals surface area contributed by atoms with Crippen molar-refractivity contribution < 1.29 is 17.9 Å². The van der Waals surface area contributed by atoms with Crippen molar-refractivity contribution in [3.05, 3.63) is 35.9 Å². The fourth-order valence-corrected chi connectivity index (χ4v) is 1.97. The highest BCUT2D eigenvalue weighted by Gasteiger charge is 2.27. The summed E-state index contributed by atoms with van der Waals surface area (Å²) in [5.74, 6) is 0. The molecule has 1 aromatic carbocycles. The van der Waals surface area contributed by atoms with Gasteiger partial charge in [-0.15, -0.1) is 0 Å². The molecule has 0 fully saturated rings. The number of unbranched alkanes of at least 4 members (excludes halogenated alkanes) is 1. The van der Waals surface area contributed by atoms with Crippen molar-refractivity contribution in [3.8, 4) is 0 Å². The number of nitrogens with one attached hydrogen (secondary N) is 1. The van der Waals surface area contributed by atoms with Gasteiger partial charge in [-0.1, -0.05) is 50.1 Å². The lowest BCUT2D eigenvalue weighted by Gasteiger charge is -2.19. The molecule has 1 rings (SSSR count). The predicted octanol–water partition coefficient (Wildman–Crippen LogP) is 4.09. The molecule has 0 amide bonds. The summed E-state index contributed by atoms with van der Waals surface area (Å²) in [6.07, 6.45) is -1.10. The molecule has 5 heteroatoms. The second-order valence-electron chi connectivity index (χ2n) is 4.73. The van der Waals surface area contributed by atoms with Crippen molar-refractivity contribution in [2.75, 3.05) is 19.8 Å². The van der Waals surface area contributed by atoms with Gasteiger partial charge in [0.15, 0.2) is 0 Å². The minimum absolute atomic E-state index is 0.0645. The van der Waals surface area contributed by atoms with Gasteiger partial charge in [-0.25, -0.2) is 0 Å². The maximum atomic E-state index is 11.9. The molecule has 0 aliphatic rings. The van der Waals surface area contributed by atoms with E-state index in [9.17, 15) is 13.2 Å². The van der Waals surface area contributed by atoms with E-state index in [0.717, 1.165) is 24.8 Å². The Hall–Kier alpha value is -1.07. The second-order valence-corrected chi connectivity index (χ2v) is 4.73. The maximum absolute atomic E-state index is 11.9. The van der Waals surface area contributed by atoms with E-state index in [-0.39, 0.29) is 12.6 Å². The van der Waals surface area contributed by atoms with E-state index in [0.29, 0.717) is 6.54 Å². The van der Waals surface area contributed by atoms with Crippen LogP contribution in [0.4, 0.5) is 13.2 Å². The molecule has 114 valence electrons. The average Bonchev–Trinajstić information content (AvgIpc) is 2.41. The highest BCUT2D eigenvalue weighted by atomic mass is 19.4. The van der Waals surface area contributed by atoms with Crippen molar-refractivity contribution in [2.24, 2.45) is 0 Å². The molecule has 2 nitrogen and oxygen atoms in total. The highest BCUT2D eigenvalue weighted by Crippen LogP contribution is 2.19. The van der Waals surface area contributed by atoms with Crippen molar-refractivity contribution in [3.63, 3.8) is 0 Å². The van der Waals surface area contributed by atoms with Gasteiger partial charge in [0.1, 0.15) is 6.61 Å². The van der Waals surface area contributed by atoms with Gasteiger partial charge in [-0.2, -0.15) is 13.2 Å². The second kappa shape index (κ2) is 8.97. The van der Waals surface area contributed by atoms with Crippen LogP contribution >= 0.6 is 0 Å². The van der Waals surface area contributed by atoms with Gasteiger partial charge in [-0.3, -0.25) is 0 Å². The van der Waals surface area contributed by atoms with Gasteiger partial charge in [-0.05, 0) is 12.0 Å². The molecule has 0 aromatic heterocycles. The molecule has 1 atom stereocenters. The van der Waals surface area contributed by atoms with E-state index in [1.807, 2.05) is 30.3 Å². The smallest absolute Gasteiger partial charge is 0.371 e. The normalized spacial score (nSPS) is 13.4. The summed E-state index contributed by atoms with van der Waals surface area (Å²) in [5, 5.41) is 3.26. The third-order valence-electron chi connectivity index (χ3n) is 2.95. The first-order valence-electron chi connectivity index (χ1n) is 6.95. The number of benzene rings is 1. The molecular weight excluding hydrogens is 267 g/mol. The molecule has 1 N–H and O–H groups in total. The zero-order valence-electron chi connectivity index (χ0n) is 11.7. The van der Waals surface area contributed by atoms with Gasteiger partial charge in [0, 0.05) is 12.6 Å². The molecular formula is C15H22F3NO. The van der Waals surface area contributed by atoms with Gasteiger partial charge in [0.25, 0.3) is 0 Å². The van der Waals surface area contributed by atoms with Crippen LogP contribution in [-0.4, -0.2) is 25.9 Å². The molecule has 0 radical (unpaired) electrons.